The monoisotopic (exact) mass is 434 g/mol. The predicted octanol–water partition coefficient (Wildman–Crippen LogP) is 1.37. The Balaban J connectivity index is 1.35. The molecular formula is C23H36N3O3S+. The van der Waals surface area contributed by atoms with E-state index in [2.05, 4.69) is 4.90 Å². The number of hydrogen-bond acceptors (Lipinski definition) is 3. The Bertz CT molecular complexity index is 876. The van der Waals surface area contributed by atoms with Gasteiger partial charge in [-0.05, 0) is 57.1 Å². The van der Waals surface area contributed by atoms with Crippen LogP contribution in [0.15, 0.2) is 23.1 Å². The third kappa shape index (κ3) is 4.43. The Kier molecular flexibility index (Phi) is 6.51. The minimum atomic E-state index is -3.47. The minimum absolute atomic E-state index is 0.271. The number of quaternary nitrogens is 1. The molecule has 0 aromatic heterocycles. The number of nitrogens with one attached hydrogen (secondary N) is 1. The van der Waals surface area contributed by atoms with Gasteiger partial charge < -0.3 is 9.80 Å². The molecule has 3 aliphatic rings. The van der Waals surface area contributed by atoms with Gasteiger partial charge in [-0.3, -0.25) is 4.79 Å². The van der Waals surface area contributed by atoms with Crippen LogP contribution in [0.2, 0.25) is 0 Å². The van der Waals surface area contributed by atoms with Crippen molar-refractivity contribution in [3.8, 4) is 0 Å². The summed E-state index contributed by atoms with van der Waals surface area (Å²) >= 11 is 0. The number of rotatable bonds is 4. The van der Waals surface area contributed by atoms with Crippen LogP contribution < -0.4 is 4.90 Å². The van der Waals surface area contributed by atoms with Crippen LogP contribution in [0.3, 0.4) is 0 Å². The summed E-state index contributed by atoms with van der Waals surface area (Å²) in [6.45, 7) is 7.57. The number of carbonyl (C=O) groups excluding carboxylic acids is 1. The number of piperidine rings is 1. The van der Waals surface area contributed by atoms with Crippen LogP contribution in [0, 0.1) is 19.8 Å². The summed E-state index contributed by atoms with van der Waals surface area (Å²) in [4.78, 5) is 16.9. The molecule has 0 bridgehead atoms. The van der Waals surface area contributed by atoms with Gasteiger partial charge in [-0.25, -0.2) is 8.42 Å². The Morgan fingerprint density at radius 1 is 1.03 bits per heavy atom. The second-order valence-electron chi connectivity index (χ2n) is 9.44. The standard InChI is InChI=1S/C23H35N3O3S/c1-18-9-10-22(19(2)16-18)30(28,29)25-14-12-24(13-15-25)17-23(27)26-11-5-7-20-6-3-4-8-21(20)26/h9-10,16,20-21H,3-8,11-15,17H2,1-2H3/p+1/t20-,21-/m1/s1. The maximum absolute atomic E-state index is 13.1. The van der Waals surface area contributed by atoms with Crippen molar-refractivity contribution in [1.29, 1.82) is 0 Å². The summed E-state index contributed by atoms with van der Waals surface area (Å²) in [5.74, 6) is 0.971. The first kappa shape index (κ1) is 21.8. The molecule has 0 radical (unpaired) electrons. The van der Waals surface area contributed by atoms with Crippen LogP contribution in [0.5, 0.6) is 0 Å². The first-order valence-electron chi connectivity index (χ1n) is 11.6. The van der Waals surface area contributed by atoms with Gasteiger partial charge in [0.15, 0.2) is 6.54 Å². The van der Waals surface area contributed by atoms with Crippen LogP contribution in [-0.2, 0) is 14.8 Å². The summed E-state index contributed by atoms with van der Waals surface area (Å²) in [5.41, 5.74) is 1.87. The fraction of sp³-hybridized carbons (Fsp3) is 0.696. The van der Waals surface area contributed by atoms with Crippen LogP contribution in [0.25, 0.3) is 0 Å². The molecule has 166 valence electrons. The van der Waals surface area contributed by atoms with E-state index in [4.69, 9.17) is 0 Å². The van der Waals surface area contributed by atoms with E-state index in [0.29, 0.717) is 49.6 Å². The number of fused-ring (bicyclic) bond motifs is 1. The summed E-state index contributed by atoms with van der Waals surface area (Å²) in [6.07, 6.45) is 7.39. The molecule has 6 nitrogen and oxygen atoms in total. The first-order valence-corrected chi connectivity index (χ1v) is 13.0. The summed E-state index contributed by atoms with van der Waals surface area (Å²) in [5, 5.41) is 0. The number of sulfonamides is 1. The quantitative estimate of drug-likeness (QED) is 0.779. The van der Waals surface area contributed by atoms with E-state index in [1.165, 1.54) is 30.6 Å². The average Bonchev–Trinajstić information content (AvgIpc) is 2.73. The van der Waals surface area contributed by atoms with Crippen molar-refractivity contribution in [2.45, 2.75) is 63.3 Å². The second kappa shape index (κ2) is 8.97. The van der Waals surface area contributed by atoms with Gasteiger partial charge in [-0.1, -0.05) is 30.5 Å². The molecule has 2 aliphatic heterocycles. The molecule has 30 heavy (non-hydrogen) atoms. The first-order chi connectivity index (χ1) is 14.4. The van der Waals surface area contributed by atoms with E-state index in [1.54, 1.807) is 10.4 Å². The topological polar surface area (TPSA) is 62.1 Å². The number of carbonyl (C=O) groups is 1. The molecule has 1 amide bonds. The lowest BCUT2D eigenvalue weighted by atomic mass is 9.78. The highest BCUT2D eigenvalue weighted by Gasteiger charge is 2.38. The maximum atomic E-state index is 13.1. The molecular weight excluding hydrogens is 398 g/mol. The maximum Gasteiger partial charge on any atom is 0.278 e. The SMILES string of the molecule is Cc1ccc(S(=O)(=O)N2CC[NH+](CC(=O)N3CCC[C@H]4CCCC[C@H]43)CC2)c(C)c1. The zero-order valence-electron chi connectivity index (χ0n) is 18.4. The third-order valence-corrected chi connectivity index (χ3v) is 9.40. The molecule has 2 heterocycles. The average molecular weight is 435 g/mol. The molecule has 2 atom stereocenters. The molecule has 3 fully saturated rings. The normalized spacial score (nSPS) is 26.4. The molecule has 1 N–H and O–H groups in total. The highest BCUT2D eigenvalue weighted by Crippen LogP contribution is 2.35. The molecule has 2 saturated heterocycles. The van der Waals surface area contributed by atoms with Gasteiger partial charge in [0.05, 0.1) is 31.1 Å². The summed E-state index contributed by atoms with van der Waals surface area (Å²) in [7, 11) is -3.47. The van der Waals surface area contributed by atoms with E-state index in [-0.39, 0.29) is 5.91 Å². The Morgan fingerprint density at radius 3 is 2.47 bits per heavy atom. The highest BCUT2D eigenvalue weighted by atomic mass is 32.2. The lowest BCUT2D eigenvalue weighted by Crippen LogP contribution is -3.15. The Hall–Kier alpha value is -1.44. The van der Waals surface area contributed by atoms with Crippen LogP contribution in [0.1, 0.15) is 49.7 Å². The van der Waals surface area contributed by atoms with E-state index in [9.17, 15) is 13.2 Å². The number of piperazine rings is 1. The van der Waals surface area contributed by atoms with E-state index < -0.39 is 10.0 Å². The number of hydrogen-bond donors (Lipinski definition) is 1. The number of aryl methyl sites for hydroxylation is 2. The minimum Gasteiger partial charge on any atom is -0.335 e. The van der Waals surface area contributed by atoms with Crippen molar-refractivity contribution >= 4 is 15.9 Å². The third-order valence-electron chi connectivity index (χ3n) is 7.34. The van der Waals surface area contributed by atoms with Gasteiger partial charge in [-0.2, -0.15) is 4.31 Å². The lowest BCUT2D eigenvalue weighted by Gasteiger charge is -2.44. The van der Waals surface area contributed by atoms with E-state index >= 15 is 0 Å². The molecule has 7 heteroatoms. The zero-order valence-corrected chi connectivity index (χ0v) is 19.2. The number of benzene rings is 1. The van der Waals surface area contributed by atoms with E-state index in [1.807, 2.05) is 26.0 Å². The number of nitrogens with zero attached hydrogens (tertiary/aromatic N) is 2. The Labute approximate surface area is 181 Å². The fourth-order valence-corrected chi connectivity index (χ4v) is 7.34. The van der Waals surface area contributed by atoms with Gasteiger partial charge in [0.1, 0.15) is 0 Å². The van der Waals surface area contributed by atoms with Crippen molar-refractivity contribution < 1.29 is 18.1 Å². The van der Waals surface area contributed by atoms with Crippen molar-refractivity contribution in [3.63, 3.8) is 0 Å². The summed E-state index contributed by atoms with van der Waals surface area (Å²) in [6, 6.07) is 5.95. The zero-order chi connectivity index (χ0) is 21.3. The number of likely N-dealkylation sites (tertiary alicyclic amines) is 1. The fourth-order valence-electron chi connectivity index (χ4n) is 5.70. The summed E-state index contributed by atoms with van der Waals surface area (Å²) < 4.78 is 27.8. The van der Waals surface area contributed by atoms with Crippen LogP contribution in [0.4, 0.5) is 0 Å². The van der Waals surface area contributed by atoms with Crippen molar-refractivity contribution in [2.24, 2.45) is 5.92 Å². The number of amides is 1. The molecule has 0 spiro atoms. The van der Waals surface area contributed by atoms with Crippen molar-refractivity contribution in [3.05, 3.63) is 29.3 Å². The lowest BCUT2D eigenvalue weighted by molar-refractivity contribution is -0.896. The van der Waals surface area contributed by atoms with Crippen LogP contribution in [-0.4, -0.2) is 68.8 Å². The second-order valence-corrected chi connectivity index (χ2v) is 11.3. The molecule has 4 rings (SSSR count). The van der Waals surface area contributed by atoms with Crippen LogP contribution >= 0.6 is 0 Å². The van der Waals surface area contributed by atoms with Gasteiger partial charge in [0.2, 0.25) is 10.0 Å². The van der Waals surface area contributed by atoms with Gasteiger partial charge in [-0.15, -0.1) is 0 Å². The Morgan fingerprint density at radius 2 is 1.73 bits per heavy atom. The van der Waals surface area contributed by atoms with Gasteiger partial charge in [0.25, 0.3) is 5.91 Å². The molecule has 1 saturated carbocycles. The van der Waals surface area contributed by atoms with Crippen molar-refractivity contribution in [1.82, 2.24) is 9.21 Å². The van der Waals surface area contributed by atoms with Crippen molar-refractivity contribution in [2.75, 3.05) is 39.3 Å². The van der Waals surface area contributed by atoms with E-state index in [0.717, 1.165) is 30.5 Å². The van der Waals surface area contributed by atoms with Gasteiger partial charge >= 0.3 is 0 Å². The largest absolute Gasteiger partial charge is 0.335 e. The predicted molar refractivity (Wildman–Crippen MR) is 117 cm³/mol. The molecule has 0 unspecified atom stereocenters. The smallest absolute Gasteiger partial charge is 0.278 e. The van der Waals surface area contributed by atoms with Gasteiger partial charge in [0, 0.05) is 12.6 Å². The molecule has 1 aromatic rings. The molecule has 1 aliphatic carbocycles. The molecule has 1 aromatic carbocycles. The highest BCUT2D eigenvalue weighted by molar-refractivity contribution is 7.89.